The Morgan fingerprint density at radius 3 is 3.00 bits per heavy atom. The molecule has 0 saturated heterocycles. The molecule has 0 fully saturated rings. The summed E-state index contributed by atoms with van der Waals surface area (Å²) in [5.74, 6) is 0.518. The number of thiophene rings is 1. The quantitative estimate of drug-likeness (QED) is 0.795. The molecular formula is C8H9N3OS. The molecule has 68 valence electrons. The van der Waals surface area contributed by atoms with Crippen LogP contribution in [-0.2, 0) is 6.42 Å². The van der Waals surface area contributed by atoms with Gasteiger partial charge in [-0.1, -0.05) is 12.0 Å². The van der Waals surface area contributed by atoms with E-state index in [1.807, 2.05) is 5.38 Å². The highest BCUT2D eigenvalue weighted by molar-refractivity contribution is 7.13. The van der Waals surface area contributed by atoms with E-state index in [-0.39, 0.29) is 6.01 Å². The van der Waals surface area contributed by atoms with Crippen LogP contribution >= 0.6 is 11.3 Å². The van der Waals surface area contributed by atoms with Crippen molar-refractivity contribution in [2.75, 3.05) is 5.73 Å². The highest BCUT2D eigenvalue weighted by Crippen LogP contribution is 2.28. The highest BCUT2D eigenvalue weighted by Gasteiger charge is 2.11. The topological polar surface area (TPSA) is 64.9 Å². The monoisotopic (exact) mass is 195 g/mol. The molecule has 0 atom stereocenters. The van der Waals surface area contributed by atoms with Crippen molar-refractivity contribution in [3.8, 4) is 10.8 Å². The van der Waals surface area contributed by atoms with Crippen LogP contribution in [0, 0.1) is 0 Å². The van der Waals surface area contributed by atoms with Crippen LogP contribution in [0.2, 0.25) is 0 Å². The van der Waals surface area contributed by atoms with Gasteiger partial charge in [0.2, 0.25) is 0 Å². The SMILES string of the molecule is CCc1ccsc1-c1nnc(N)o1. The van der Waals surface area contributed by atoms with E-state index in [0.29, 0.717) is 5.89 Å². The molecule has 13 heavy (non-hydrogen) atoms. The van der Waals surface area contributed by atoms with E-state index in [1.54, 1.807) is 11.3 Å². The Morgan fingerprint density at radius 2 is 2.38 bits per heavy atom. The van der Waals surface area contributed by atoms with Gasteiger partial charge in [0.1, 0.15) is 0 Å². The summed E-state index contributed by atoms with van der Waals surface area (Å²) in [5, 5.41) is 9.46. The fourth-order valence-corrected chi connectivity index (χ4v) is 2.04. The molecule has 0 saturated carbocycles. The van der Waals surface area contributed by atoms with Crippen molar-refractivity contribution in [1.82, 2.24) is 10.2 Å². The predicted octanol–water partition coefficient (Wildman–Crippen LogP) is 1.94. The number of nitrogens with two attached hydrogens (primary N) is 1. The summed E-state index contributed by atoms with van der Waals surface area (Å²) in [6, 6.07) is 2.17. The second kappa shape index (κ2) is 3.18. The normalized spacial score (nSPS) is 10.5. The lowest BCUT2D eigenvalue weighted by molar-refractivity contribution is 0.591. The summed E-state index contributed by atoms with van der Waals surface area (Å²) in [4.78, 5) is 1.02. The number of aryl methyl sites for hydroxylation is 1. The van der Waals surface area contributed by atoms with E-state index in [0.717, 1.165) is 11.3 Å². The Labute approximate surface area is 79.4 Å². The van der Waals surface area contributed by atoms with Crippen molar-refractivity contribution in [2.45, 2.75) is 13.3 Å². The zero-order valence-corrected chi connectivity index (χ0v) is 7.97. The first-order valence-electron chi connectivity index (χ1n) is 3.97. The Bertz CT molecular complexity index is 407. The van der Waals surface area contributed by atoms with Gasteiger partial charge in [-0.3, -0.25) is 0 Å². The molecule has 5 heteroatoms. The van der Waals surface area contributed by atoms with Crippen molar-refractivity contribution in [3.05, 3.63) is 17.0 Å². The van der Waals surface area contributed by atoms with Gasteiger partial charge < -0.3 is 10.2 Å². The first-order chi connectivity index (χ1) is 6.31. The van der Waals surface area contributed by atoms with E-state index in [2.05, 4.69) is 23.2 Å². The lowest BCUT2D eigenvalue weighted by Crippen LogP contribution is -1.81. The molecule has 0 aliphatic carbocycles. The average Bonchev–Trinajstić information content (AvgIpc) is 2.71. The zero-order valence-electron chi connectivity index (χ0n) is 7.15. The van der Waals surface area contributed by atoms with Gasteiger partial charge in [-0.25, -0.2) is 0 Å². The molecule has 0 amide bonds. The molecular weight excluding hydrogens is 186 g/mol. The number of hydrogen-bond donors (Lipinski definition) is 1. The van der Waals surface area contributed by atoms with Crippen LogP contribution in [-0.4, -0.2) is 10.2 Å². The lowest BCUT2D eigenvalue weighted by Gasteiger charge is -1.92. The maximum absolute atomic E-state index is 5.34. The van der Waals surface area contributed by atoms with E-state index in [9.17, 15) is 0 Å². The van der Waals surface area contributed by atoms with Crippen molar-refractivity contribution in [1.29, 1.82) is 0 Å². The number of nitrogens with zero attached hydrogens (tertiary/aromatic N) is 2. The van der Waals surface area contributed by atoms with Crippen molar-refractivity contribution < 1.29 is 4.42 Å². The van der Waals surface area contributed by atoms with Crippen LogP contribution in [0.15, 0.2) is 15.9 Å². The summed E-state index contributed by atoms with van der Waals surface area (Å²) in [6.45, 7) is 2.09. The number of aromatic nitrogens is 2. The summed E-state index contributed by atoms with van der Waals surface area (Å²) >= 11 is 1.59. The minimum absolute atomic E-state index is 0.116. The van der Waals surface area contributed by atoms with Gasteiger partial charge in [0.15, 0.2) is 0 Å². The van der Waals surface area contributed by atoms with Gasteiger partial charge in [-0.15, -0.1) is 16.4 Å². The van der Waals surface area contributed by atoms with Gasteiger partial charge in [-0.05, 0) is 23.4 Å². The Balaban J connectivity index is 2.45. The van der Waals surface area contributed by atoms with Crippen molar-refractivity contribution in [2.24, 2.45) is 0 Å². The largest absolute Gasteiger partial charge is 0.403 e. The Hall–Kier alpha value is -1.36. The van der Waals surface area contributed by atoms with Gasteiger partial charge in [-0.2, -0.15) is 0 Å². The van der Waals surface area contributed by atoms with E-state index >= 15 is 0 Å². The molecule has 0 unspecified atom stereocenters. The third-order valence-electron chi connectivity index (χ3n) is 1.76. The third-order valence-corrected chi connectivity index (χ3v) is 2.71. The molecule has 0 aliphatic heterocycles. The van der Waals surface area contributed by atoms with Crippen LogP contribution in [0.5, 0.6) is 0 Å². The standard InChI is InChI=1S/C8H9N3OS/c1-2-5-3-4-13-6(5)7-10-11-8(9)12-7/h3-4H,2H2,1H3,(H2,9,11). The van der Waals surface area contributed by atoms with Crippen LogP contribution in [0.25, 0.3) is 10.8 Å². The minimum atomic E-state index is 0.116. The fraction of sp³-hybridized carbons (Fsp3) is 0.250. The number of anilines is 1. The lowest BCUT2D eigenvalue weighted by atomic mass is 10.2. The van der Waals surface area contributed by atoms with Gasteiger partial charge in [0, 0.05) is 0 Å². The number of nitrogen functional groups attached to an aromatic ring is 1. The molecule has 2 aromatic heterocycles. The Morgan fingerprint density at radius 1 is 1.54 bits per heavy atom. The second-order valence-electron chi connectivity index (χ2n) is 2.57. The van der Waals surface area contributed by atoms with Crippen LogP contribution in [0.3, 0.4) is 0 Å². The number of hydrogen-bond acceptors (Lipinski definition) is 5. The van der Waals surface area contributed by atoms with Gasteiger partial charge >= 0.3 is 6.01 Å². The maximum atomic E-state index is 5.34. The maximum Gasteiger partial charge on any atom is 0.313 e. The Kier molecular flexibility index (Phi) is 2.02. The molecule has 2 aromatic rings. The molecule has 0 bridgehead atoms. The summed E-state index contributed by atoms with van der Waals surface area (Å²) in [7, 11) is 0. The molecule has 2 heterocycles. The minimum Gasteiger partial charge on any atom is -0.403 e. The number of rotatable bonds is 2. The molecule has 0 aliphatic rings. The predicted molar refractivity (Wildman–Crippen MR) is 51.4 cm³/mol. The van der Waals surface area contributed by atoms with E-state index in [1.165, 1.54) is 5.56 Å². The second-order valence-corrected chi connectivity index (χ2v) is 3.49. The first kappa shape index (κ1) is 8.25. The van der Waals surface area contributed by atoms with E-state index < -0.39 is 0 Å². The average molecular weight is 195 g/mol. The molecule has 2 N–H and O–H groups in total. The molecule has 0 spiro atoms. The summed E-state index contributed by atoms with van der Waals surface area (Å²) in [6.07, 6.45) is 0.959. The van der Waals surface area contributed by atoms with E-state index in [4.69, 9.17) is 10.2 Å². The molecule has 2 rings (SSSR count). The van der Waals surface area contributed by atoms with Gasteiger partial charge in [0.05, 0.1) is 4.88 Å². The van der Waals surface area contributed by atoms with Crippen LogP contribution < -0.4 is 5.73 Å². The molecule has 0 aromatic carbocycles. The van der Waals surface area contributed by atoms with Gasteiger partial charge in [0.25, 0.3) is 5.89 Å². The summed E-state index contributed by atoms with van der Waals surface area (Å²) in [5.41, 5.74) is 6.56. The van der Waals surface area contributed by atoms with Crippen molar-refractivity contribution >= 4 is 17.4 Å². The zero-order chi connectivity index (χ0) is 9.26. The molecule has 4 nitrogen and oxygen atoms in total. The van der Waals surface area contributed by atoms with Crippen molar-refractivity contribution in [3.63, 3.8) is 0 Å². The first-order valence-corrected chi connectivity index (χ1v) is 4.85. The van der Waals surface area contributed by atoms with Crippen LogP contribution in [0.1, 0.15) is 12.5 Å². The summed E-state index contributed by atoms with van der Waals surface area (Å²) < 4.78 is 5.14. The van der Waals surface area contributed by atoms with Crippen LogP contribution in [0.4, 0.5) is 6.01 Å². The molecule has 0 radical (unpaired) electrons. The highest BCUT2D eigenvalue weighted by atomic mass is 32.1. The smallest absolute Gasteiger partial charge is 0.313 e. The third kappa shape index (κ3) is 1.42. The fourth-order valence-electron chi connectivity index (χ4n) is 1.13.